The molecule has 2 rings (SSSR count). The average molecular weight is 252 g/mol. The van der Waals surface area contributed by atoms with Gasteiger partial charge in [0.25, 0.3) is 0 Å². The molecule has 2 aromatic rings. The Kier molecular flexibility index (Phi) is 3.49. The van der Waals surface area contributed by atoms with Crippen molar-refractivity contribution in [2.24, 2.45) is 0 Å². The van der Waals surface area contributed by atoms with Crippen molar-refractivity contribution in [1.29, 1.82) is 10.5 Å². The van der Waals surface area contributed by atoms with Gasteiger partial charge in [0.2, 0.25) is 0 Å². The van der Waals surface area contributed by atoms with Gasteiger partial charge in [-0.3, -0.25) is 0 Å². The Balaban J connectivity index is 2.18. The van der Waals surface area contributed by atoms with Crippen LogP contribution in [0.1, 0.15) is 28.1 Å². The van der Waals surface area contributed by atoms with Crippen LogP contribution in [0.2, 0.25) is 0 Å². The number of aromatic nitrogens is 1. The molecular weight excluding hydrogens is 240 g/mol. The van der Waals surface area contributed by atoms with Crippen LogP contribution in [0.3, 0.4) is 0 Å². The lowest BCUT2D eigenvalue weighted by Crippen LogP contribution is -2.02. The summed E-state index contributed by atoms with van der Waals surface area (Å²) in [5, 5.41) is 24.9. The Morgan fingerprint density at radius 2 is 1.95 bits per heavy atom. The lowest BCUT2D eigenvalue weighted by Gasteiger charge is -2.06. The zero-order chi connectivity index (χ0) is 13.8. The van der Waals surface area contributed by atoms with Gasteiger partial charge in [0.15, 0.2) is 0 Å². The number of aryl methyl sites for hydroxylation is 2. The first kappa shape index (κ1) is 12.7. The fourth-order valence-electron chi connectivity index (χ4n) is 1.79. The summed E-state index contributed by atoms with van der Waals surface area (Å²) < 4.78 is 5.08. The van der Waals surface area contributed by atoms with Gasteiger partial charge in [-0.1, -0.05) is 5.16 Å². The van der Waals surface area contributed by atoms with Crippen molar-refractivity contribution >= 4 is 5.69 Å². The molecular formula is C14H12N4O. The molecule has 0 saturated heterocycles. The quantitative estimate of drug-likeness (QED) is 0.907. The normalized spacial score (nSPS) is 9.68. The largest absolute Gasteiger partial charge is 0.381 e. The van der Waals surface area contributed by atoms with Crippen LogP contribution in [0.15, 0.2) is 22.7 Å². The first-order chi connectivity index (χ1) is 9.15. The summed E-state index contributed by atoms with van der Waals surface area (Å²) in [5.74, 6) is 0.777. The number of nitrogens with zero attached hydrogens (tertiary/aromatic N) is 3. The third kappa shape index (κ3) is 2.56. The maximum absolute atomic E-state index is 8.96. The first-order valence-corrected chi connectivity index (χ1v) is 5.75. The second kappa shape index (κ2) is 5.24. The van der Waals surface area contributed by atoms with Crippen molar-refractivity contribution < 1.29 is 4.52 Å². The predicted octanol–water partition coefficient (Wildman–Crippen LogP) is 2.65. The molecule has 1 heterocycles. The molecule has 1 N–H and O–H groups in total. The predicted molar refractivity (Wildman–Crippen MR) is 69.2 cm³/mol. The van der Waals surface area contributed by atoms with Crippen molar-refractivity contribution in [3.8, 4) is 12.1 Å². The topological polar surface area (TPSA) is 85.6 Å². The molecule has 0 aliphatic heterocycles. The minimum atomic E-state index is 0.367. The Morgan fingerprint density at radius 3 is 2.53 bits per heavy atom. The molecule has 0 unspecified atom stereocenters. The molecule has 0 radical (unpaired) electrons. The molecule has 1 aromatic heterocycles. The van der Waals surface area contributed by atoms with E-state index in [0.29, 0.717) is 17.7 Å². The third-order valence-corrected chi connectivity index (χ3v) is 2.91. The van der Waals surface area contributed by atoms with Crippen molar-refractivity contribution in [2.75, 3.05) is 5.32 Å². The van der Waals surface area contributed by atoms with Crippen molar-refractivity contribution in [3.05, 3.63) is 46.3 Å². The Hall–Kier alpha value is -2.79. The molecule has 0 amide bonds. The number of hydrogen-bond acceptors (Lipinski definition) is 5. The van der Waals surface area contributed by atoms with Crippen LogP contribution in [0, 0.1) is 36.5 Å². The molecule has 0 fully saturated rings. The SMILES string of the molecule is Cc1noc(C)c1CNc1ccc(C#N)c(C#N)c1. The van der Waals surface area contributed by atoms with Crippen molar-refractivity contribution in [1.82, 2.24) is 5.16 Å². The standard InChI is InChI=1S/C14H12N4O/c1-9-14(10(2)19-18-9)8-17-13-4-3-11(6-15)12(5-13)7-16/h3-5,17H,8H2,1-2H3. The fourth-order valence-corrected chi connectivity index (χ4v) is 1.79. The highest BCUT2D eigenvalue weighted by atomic mass is 16.5. The van der Waals surface area contributed by atoms with Crippen LogP contribution in [0.4, 0.5) is 5.69 Å². The Bertz CT molecular complexity index is 669. The lowest BCUT2D eigenvalue weighted by molar-refractivity contribution is 0.392. The second-order valence-corrected chi connectivity index (χ2v) is 4.14. The number of nitrogens with one attached hydrogen (secondary N) is 1. The summed E-state index contributed by atoms with van der Waals surface area (Å²) in [5.41, 5.74) is 3.38. The van der Waals surface area contributed by atoms with Crippen LogP contribution >= 0.6 is 0 Å². The van der Waals surface area contributed by atoms with E-state index in [-0.39, 0.29) is 0 Å². The van der Waals surface area contributed by atoms with E-state index < -0.39 is 0 Å². The monoisotopic (exact) mass is 252 g/mol. The number of benzene rings is 1. The summed E-state index contributed by atoms with van der Waals surface area (Å²) in [6, 6.07) is 9.07. The van der Waals surface area contributed by atoms with Gasteiger partial charge in [0, 0.05) is 17.8 Å². The summed E-state index contributed by atoms with van der Waals surface area (Å²) in [4.78, 5) is 0. The van der Waals surface area contributed by atoms with Gasteiger partial charge in [0.05, 0.1) is 16.8 Å². The molecule has 0 bridgehead atoms. The third-order valence-electron chi connectivity index (χ3n) is 2.91. The van der Waals surface area contributed by atoms with Crippen LogP contribution in [0.25, 0.3) is 0 Å². The average Bonchev–Trinajstić information content (AvgIpc) is 2.75. The van der Waals surface area contributed by atoms with Gasteiger partial charge in [-0.05, 0) is 32.0 Å². The van der Waals surface area contributed by atoms with E-state index in [4.69, 9.17) is 15.0 Å². The summed E-state index contributed by atoms with van der Waals surface area (Å²) >= 11 is 0. The van der Waals surface area contributed by atoms with E-state index in [1.165, 1.54) is 0 Å². The van der Waals surface area contributed by atoms with Crippen molar-refractivity contribution in [3.63, 3.8) is 0 Å². The highest BCUT2D eigenvalue weighted by Gasteiger charge is 2.09. The summed E-state index contributed by atoms with van der Waals surface area (Å²) in [6.07, 6.45) is 0. The minimum Gasteiger partial charge on any atom is -0.381 e. The van der Waals surface area contributed by atoms with Crippen molar-refractivity contribution in [2.45, 2.75) is 20.4 Å². The molecule has 94 valence electrons. The Labute approximate surface area is 111 Å². The van der Waals surface area contributed by atoms with E-state index >= 15 is 0 Å². The molecule has 1 aromatic carbocycles. The zero-order valence-electron chi connectivity index (χ0n) is 10.7. The maximum Gasteiger partial charge on any atom is 0.138 e. The second-order valence-electron chi connectivity index (χ2n) is 4.14. The molecule has 0 atom stereocenters. The van der Waals surface area contributed by atoms with E-state index in [1.54, 1.807) is 18.2 Å². The molecule has 0 aliphatic rings. The van der Waals surface area contributed by atoms with Crippen LogP contribution in [-0.4, -0.2) is 5.16 Å². The smallest absolute Gasteiger partial charge is 0.138 e. The van der Waals surface area contributed by atoms with Gasteiger partial charge >= 0.3 is 0 Å². The van der Waals surface area contributed by atoms with E-state index in [1.807, 2.05) is 26.0 Å². The molecule has 0 spiro atoms. The maximum atomic E-state index is 8.96. The molecule has 5 nitrogen and oxygen atoms in total. The van der Waals surface area contributed by atoms with Gasteiger partial charge in [0.1, 0.15) is 17.9 Å². The van der Waals surface area contributed by atoms with E-state index in [2.05, 4.69) is 10.5 Å². The molecule has 5 heteroatoms. The molecule has 0 saturated carbocycles. The summed E-state index contributed by atoms with van der Waals surface area (Å²) in [7, 11) is 0. The highest BCUT2D eigenvalue weighted by Crippen LogP contribution is 2.18. The van der Waals surface area contributed by atoms with Crippen LogP contribution < -0.4 is 5.32 Å². The van der Waals surface area contributed by atoms with Crippen LogP contribution in [0.5, 0.6) is 0 Å². The minimum absolute atomic E-state index is 0.367. The molecule has 19 heavy (non-hydrogen) atoms. The first-order valence-electron chi connectivity index (χ1n) is 5.75. The van der Waals surface area contributed by atoms with Crippen LogP contribution in [-0.2, 0) is 6.54 Å². The lowest BCUT2D eigenvalue weighted by atomic mass is 10.1. The fraction of sp³-hybridized carbons (Fsp3) is 0.214. The van der Waals surface area contributed by atoms with Gasteiger partial charge in [-0.2, -0.15) is 10.5 Å². The van der Waals surface area contributed by atoms with Gasteiger partial charge < -0.3 is 9.84 Å². The number of anilines is 1. The Morgan fingerprint density at radius 1 is 1.21 bits per heavy atom. The van der Waals surface area contributed by atoms with E-state index in [9.17, 15) is 0 Å². The zero-order valence-corrected chi connectivity index (χ0v) is 10.7. The number of nitriles is 2. The van der Waals surface area contributed by atoms with Gasteiger partial charge in [-0.25, -0.2) is 0 Å². The molecule has 0 aliphatic carbocycles. The highest BCUT2D eigenvalue weighted by molar-refractivity contribution is 5.56. The van der Waals surface area contributed by atoms with E-state index in [0.717, 1.165) is 22.7 Å². The van der Waals surface area contributed by atoms with Gasteiger partial charge in [-0.15, -0.1) is 0 Å². The number of rotatable bonds is 3. The summed E-state index contributed by atoms with van der Waals surface area (Å²) in [6.45, 7) is 4.31. The number of hydrogen-bond donors (Lipinski definition) is 1.